The van der Waals surface area contributed by atoms with Gasteiger partial charge in [0.15, 0.2) is 8.26 Å². The van der Waals surface area contributed by atoms with Crippen LogP contribution in [0.5, 0.6) is 5.75 Å². The maximum absolute atomic E-state index is 10.7. The number of rotatable bonds is 6. The van der Waals surface area contributed by atoms with Gasteiger partial charge in [0, 0.05) is 0 Å². The Labute approximate surface area is 193 Å². The number of hydrogen-bond acceptors (Lipinski definition) is 13. The fraction of sp³-hybridized carbons (Fsp3) is 0.0714. The van der Waals surface area contributed by atoms with Gasteiger partial charge in [0.2, 0.25) is 5.16 Å². The summed E-state index contributed by atoms with van der Waals surface area (Å²) in [4.78, 5) is 27.3. The van der Waals surface area contributed by atoms with Crippen LogP contribution in [0.25, 0.3) is 5.69 Å². The molecule has 4 rings (SSSR count). The highest BCUT2D eigenvalue weighted by atomic mass is 79.9. The molecule has 0 saturated heterocycles. The molecular formula is C14H9BrN8O5S3. The molecule has 17 heteroatoms. The summed E-state index contributed by atoms with van der Waals surface area (Å²) >= 11 is 6.14. The van der Waals surface area contributed by atoms with Gasteiger partial charge in [-0.1, -0.05) is 0 Å². The van der Waals surface area contributed by atoms with Gasteiger partial charge in [-0.15, -0.1) is 5.10 Å². The summed E-state index contributed by atoms with van der Waals surface area (Å²) in [6.45, 7) is 0. The summed E-state index contributed by atoms with van der Waals surface area (Å²) in [7, 11) is 1.59. The third kappa shape index (κ3) is 6.00. The van der Waals surface area contributed by atoms with Gasteiger partial charge in [-0.05, 0) is 85.1 Å². The van der Waals surface area contributed by atoms with Crippen molar-refractivity contribution in [3.8, 4) is 11.4 Å². The third-order valence-electron chi connectivity index (χ3n) is 3.23. The Morgan fingerprint density at radius 1 is 1.06 bits per heavy atom. The summed E-state index contributed by atoms with van der Waals surface area (Å²) in [6.07, 6.45) is 2.43. The number of hydrogen-bond donors (Lipinski definition) is 0. The average molecular weight is 545 g/mol. The van der Waals surface area contributed by atoms with E-state index < -0.39 is 9.85 Å². The van der Waals surface area contributed by atoms with Gasteiger partial charge < -0.3 is 4.74 Å². The van der Waals surface area contributed by atoms with Crippen LogP contribution in [0.3, 0.4) is 0 Å². The molecule has 0 amide bonds. The standard InChI is InChI=1S/C11H8N6O3S2.C3HBrN2O2S/c1-20-8-4-2-7(3-5-8)16-10(13-14-15-16)22-11-12-6-9(21-11)17(18)19;4-3-5-1-2(9-3)6(7)8/h2-6H,1H3;1H. The molecule has 0 aliphatic rings. The lowest BCUT2D eigenvalue weighted by Crippen LogP contribution is -1.98. The summed E-state index contributed by atoms with van der Waals surface area (Å²) < 4.78 is 7.66. The monoisotopic (exact) mass is 544 g/mol. The SMILES string of the molecule is COc1ccc(-n2nnnc2Sc2ncc([N+](=O)[O-])s2)cc1.O=[N+]([O-])c1cnc(Br)s1. The van der Waals surface area contributed by atoms with E-state index >= 15 is 0 Å². The molecule has 0 atom stereocenters. The normalized spacial score (nSPS) is 10.3. The second kappa shape index (κ2) is 10.3. The van der Waals surface area contributed by atoms with Crippen LogP contribution in [0.2, 0.25) is 0 Å². The first-order valence-electron chi connectivity index (χ1n) is 7.84. The highest BCUT2D eigenvalue weighted by Gasteiger charge is 2.16. The lowest BCUT2D eigenvalue weighted by atomic mass is 10.3. The second-order valence-electron chi connectivity index (χ2n) is 5.10. The predicted molar refractivity (Wildman–Crippen MR) is 115 cm³/mol. The molecule has 3 heterocycles. The minimum absolute atomic E-state index is 0.0222. The van der Waals surface area contributed by atoms with Gasteiger partial charge in [0.05, 0.1) is 22.6 Å². The molecule has 13 nitrogen and oxygen atoms in total. The topological polar surface area (TPSA) is 165 Å². The third-order valence-corrected chi connectivity index (χ3v) is 6.62. The van der Waals surface area contributed by atoms with Gasteiger partial charge in [0.25, 0.3) is 0 Å². The van der Waals surface area contributed by atoms with Crippen LogP contribution < -0.4 is 4.74 Å². The van der Waals surface area contributed by atoms with E-state index in [0.717, 1.165) is 45.9 Å². The molecule has 0 fully saturated rings. The minimum atomic E-state index is -0.478. The largest absolute Gasteiger partial charge is 0.497 e. The van der Waals surface area contributed by atoms with Crippen LogP contribution in [0.15, 0.2) is 50.1 Å². The molecule has 31 heavy (non-hydrogen) atoms. The Hall–Kier alpha value is -3.02. The predicted octanol–water partition coefficient (Wildman–Crippen LogP) is 4.00. The van der Waals surface area contributed by atoms with E-state index in [2.05, 4.69) is 41.4 Å². The Bertz CT molecular complexity index is 1190. The number of nitrogens with zero attached hydrogens (tertiary/aromatic N) is 8. The van der Waals surface area contributed by atoms with Crippen LogP contribution in [-0.4, -0.2) is 47.1 Å². The van der Waals surface area contributed by atoms with Crippen molar-refractivity contribution >= 4 is 60.4 Å². The Morgan fingerprint density at radius 3 is 2.23 bits per heavy atom. The smallest absolute Gasteiger partial charge is 0.344 e. The van der Waals surface area contributed by atoms with E-state index in [1.807, 2.05) is 12.1 Å². The van der Waals surface area contributed by atoms with E-state index in [9.17, 15) is 20.2 Å². The Balaban J connectivity index is 0.000000254. The molecule has 0 N–H and O–H groups in total. The molecule has 4 aromatic rings. The van der Waals surface area contributed by atoms with Gasteiger partial charge in [-0.2, -0.15) is 4.68 Å². The Morgan fingerprint density at radius 2 is 1.71 bits per heavy atom. The van der Waals surface area contributed by atoms with Gasteiger partial charge >= 0.3 is 10.0 Å². The molecule has 0 saturated carbocycles. The first kappa shape index (κ1) is 22.7. The van der Waals surface area contributed by atoms with Crippen molar-refractivity contribution in [3.63, 3.8) is 0 Å². The molecule has 160 valence electrons. The fourth-order valence-electron chi connectivity index (χ4n) is 1.92. The number of nitro groups is 2. The van der Waals surface area contributed by atoms with Crippen molar-refractivity contribution in [1.82, 2.24) is 30.2 Å². The molecular weight excluding hydrogens is 536 g/mol. The second-order valence-corrected chi connectivity index (χ2v) is 9.61. The number of benzene rings is 1. The molecule has 0 radical (unpaired) electrons. The number of tetrazole rings is 1. The van der Waals surface area contributed by atoms with Crippen LogP contribution in [0.1, 0.15) is 0 Å². The highest BCUT2D eigenvalue weighted by molar-refractivity contribution is 9.11. The minimum Gasteiger partial charge on any atom is -0.497 e. The van der Waals surface area contributed by atoms with Crippen LogP contribution in [0, 0.1) is 20.2 Å². The molecule has 0 bridgehead atoms. The molecule has 1 aromatic carbocycles. The number of ether oxygens (including phenoxy) is 1. The van der Waals surface area contributed by atoms with Crippen molar-refractivity contribution in [2.24, 2.45) is 0 Å². The first-order chi connectivity index (χ1) is 14.9. The van der Waals surface area contributed by atoms with E-state index in [-0.39, 0.29) is 10.0 Å². The van der Waals surface area contributed by atoms with Crippen molar-refractivity contribution < 1.29 is 14.6 Å². The van der Waals surface area contributed by atoms with Crippen molar-refractivity contribution in [2.75, 3.05) is 7.11 Å². The van der Waals surface area contributed by atoms with Crippen LogP contribution in [-0.2, 0) is 0 Å². The van der Waals surface area contributed by atoms with Crippen molar-refractivity contribution in [3.05, 3.63) is 60.8 Å². The van der Waals surface area contributed by atoms with Crippen LogP contribution in [0.4, 0.5) is 10.0 Å². The van der Waals surface area contributed by atoms with Crippen LogP contribution >= 0.6 is 50.4 Å². The molecule has 0 spiro atoms. The number of halogens is 1. The zero-order chi connectivity index (χ0) is 22.4. The number of thiazole rings is 2. The molecule has 0 aliphatic heterocycles. The van der Waals surface area contributed by atoms with Crippen molar-refractivity contribution in [1.29, 1.82) is 0 Å². The fourth-order valence-corrected chi connectivity index (χ4v) is 4.65. The van der Waals surface area contributed by atoms with E-state index in [1.165, 1.54) is 17.1 Å². The van der Waals surface area contributed by atoms with E-state index in [4.69, 9.17) is 4.74 Å². The summed E-state index contributed by atoms with van der Waals surface area (Å²) in [5.74, 6) is 0.724. The summed E-state index contributed by atoms with van der Waals surface area (Å²) in [6, 6.07) is 7.20. The Kier molecular flexibility index (Phi) is 7.55. The average Bonchev–Trinajstić information content (AvgIpc) is 3.50. The molecule has 3 aromatic heterocycles. The molecule has 0 aliphatic carbocycles. The van der Waals surface area contributed by atoms with E-state index in [1.54, 1.807) is 19.2 Å². The van der Waals surface area contributed by atoms with Crippen molar-refractivity contribution in [2.45, 2.75) is 9.50 Å². The zero-order valence-electron chi connectivity index (χ0n) is 15.2. The van der Waals surface area contributed by atoms with Gasteiger partial charge in [-0.25, -0.2) is 9.97 Å². The lowest BCUT2D eigenvalue weighted by molar-refractivity contribution is -0.380. The highest BCUT2D eigenvalue weighted by Crippen LogP contribution is 2.33. The quantitative estimate of drug-likeness (QED) is 0.254. The first-order valence-corrected chi connectivity index (χ1v) is 11.1. The maximum Gasteiger partial charge on any atom is 0.344 e. The lowest BCUT2D eigenvalue weighted by Gasteiger charge is -2.04. The number of methoxy groups -OCH3 is 1. The number of aromatic nitrogens is 6. The zero-order valence-corrected chi connectivity index (χ0v) is 19.2. The summed E-state index contributed by atoms with van der Waals surface area (Å²) in [5, 5.41) is 32.6. The molecule has 0 unspecified atom stereocenters. The van der Waals surface area contributed by atoms with Gasteiger partial charge in [-0.3, -0.25) is 20.2 Å². The summed E-state index contributed by atoms with van der Waals surface area (Å²) in [5.41, 5.74) is 0.749. The van der Waals surface area contributed by atoms with Gasteiger partial charge in [0.1, 0.15) is 18.1 Å². The maximum atomic E-state index is 10.7. The van der Waals surface area contributed by atoms with E-state index in [0.29, 0.717) is 13.4 Å².